The Labute approximate surface area is 109 Å². The monoisotopic (exact) mass is 254 g/mol. The first-order chi connectivity index (χ1) is 8.79. The van der Waals surface area contributed by atoms with Crippen LogP contribution in [0.4, 0.5) is 4.39 Å². The molecule has 2 rings (SSSR count). The van der Waals surface area contributed by atoms with Gasteiger partial charge in [-0.15, -0.1) is 0 Å². The summed E-state index contributed by atoms with van der Waals surface area (Å²) in [5.41, 5.74) is 0. The summed E-state index contributed by atoms with van der Waals surface area (Å²) in [6.07, 6.45) is 10.2. The van der Waals surface area contributed by atoms with E-state index >= 15 is 0 Å². The van der Waals surface area contributed by atoms with E-state index in [1.54, 1.807) is 6.08 Å². The van der Waals surface area contributed by atoms with E-state index in [2.05, 4.69) is 12.2 Å². The topological polar surface area (TPSA) is 18.5 Å². The van der Waals surface area contributed by atoms with Gasteiger partial charge in [0.1, 0.15) is 0 Å². The Morgan fingerprint density at radius 1 is 1.39 bits per heavy atom. The van der Waals surface area contributed by atoms with Gasteiger partial charge in [0.2, 0.25) is 0 Å². The molecule has 0 saturated carbocycles. The van der Waals surface area contributed by atoms with E-state index in [0.717, 1.165) is 38.9 Å². The average Bonchev–Trinajstić information content (AvgIpc) is 2.41. The molecule has 0 N–H and O–H groups in total. The molecule has 102 valence electrons. The van der Waals surface area contributed by atoms with E-state index in [1.807, 2.05) is 6.92 Å². The van der Waals surface area contributed by atoms with Crippen LogP contribution in [0.3, 0.4) is 0 Å². The number of rotatable bonds is 4. The quantitative estimate of drug-likeness (QED) is 0.706. The zero-order valence-electron chi connectivity index (χ0n) is 11.1. The summed E-state index contributed by atoms with van der Waals surface area (Å²) in [6, 6.07) is 0. The van der Waals surface area contributed by atoms with Crippen molar-refractivity contribution in [3.63, 3.8) is 0 Å². The third-order valence-corrected chi connectivity index (χ3v) is 3.75. The highest BCUT2D eigenvalue weighted by Crippen LogP contribution is 2.31. The smallest absolute Gasteiger partial charge is 0.160 e. The molecule has 1 saturated heterocycles. The molecular weight excluding hydrogens is 231 g/mol. The second-order valence-electron chi connectivity index (χ2n) is 5.23. The Morgan fingerprint density at radius 3 is 2.78 bits per heavy atom. The van der Waals surface area contributed by atoms with Crippen molar-refractivity contribution >= 4 is 0 Å². The van der Waals surface area contributed by atoms with Crippen molar-refractivity contribution in [2.75, 3.05) is 13.2 Å². The summed E-state index contributed by atoms with van der Waals surface area (Å²) in [5.74, 6) is 0.862. The molecule has 0 bridgehead atoms. The van der Waals surface area contributed by atoms with Crippen LogP contribution >= 0.6 is 0 Å². The van der Waals surface area contributed by atoms with Crippen LogP contribution in [-0.4, -0.2) is 19.5 Å². The average molecular weight is 254 g/mol. The summed E-state index contributed by atoms with van der Waals surface area (Å²) in [4.78, 5) is 0. The number of halogens is 1. The molecule has 1 heterocycles. The van der Waals surface area contributed by atoms with Crippen molar-refractivity contribution in [3.8, 4) is 0 Å². The highest BCUT2D eigenvalue weighted by Gasteiger charge is 2.30. The third-order valence-electron chi connectivity index (χ3n) is 3.75. The van der Waals surface area contributed by atoms with Gasteiger partial charge in [-0.3, -0.25) is 0 Å². The Hall–Kier alpha value is -0.670. The van der Waals surface area contributed by atoms with E-state index in [1.165, 1.54) is 0 Å². The Kier molecular flexibility index (Phi) is 5.39. The van der Waals surface area contributed by atoms with Crippen LogP contribution in [0.1, 0.15) is 39.0 Å². The standard InChI is InChI=1S/C15H23FO2/c1-2-3-4-5-12-10-17-15(18-11-12)13-6-8-14(16)9-7-13/h2-3,8,12-13,15H,4-7,9-11H2,1H3/b3-2+. The number of ether oxygens (including phenoxy) is 2. The molecule has 0 radical (unpaired) electrons. The molecule has 0 aromatic carbocycles. The first-order valence-corrected chi connectivity index (χ1v) is 6.98. The maximum absolute atomic E-state index is 12.9. The van der Waals surface area contributed by atoms with E-state index < -0.39 is 0 Å². The maximum Gasteiger partial charge on any atom is 0.160 e. The minimum absolute atomic E-state index is 0.0197. The Bertz CT molecular complexity index is 304. The van der Waals surface area contributed by atoms with E-state index in [4.69, 9.17) is 9.47 Å². The van der Waals surface area contributed by atoms with Gasteiger partial charge >= 0.3 is 0 Å². The molecule has 1 aliphatic carbocycles. The van der Waals surface area contributed by atoms with Crippen molar-refractivity contribution in [1.29, 1.82) is 0 Å². The van der Waals surface area contributed by atoms with Gasteiger partial charge in [-0.25, -0.2) is 4.39 Å². The van der Waals surface area contributed by atoms with Crippen LogP contribution < -0.4 is 0 Å². The fourth-order valence-electron chi connectivity index (χ4n) is 2.57. The lowest BCUT2D eigenvalue weighted by atomic mass is 9.92. The van der Waals surface area contributed by atoms with Crippen molar-refractivity contribution in [3.05, 3.63) is 24.1 Å². The highest BCUT2D eigenvalue weighted by molar-refractivity contribution is 4.98. The number of hydrogen-bond acceptors (Lipinski definition) is 2. The minimum atomic E-state index is -0.118. The van der Waals surface area contributed by atoms with Crippen molar-refractivity contribution < 1.29 is 13.9 Å². The molecule has 18 heavy (non-hydrogen) atoms. The largest absolute Gasteiger partial charge is 0.352 e. The SMILES string of the molecule is C/C=C/CCC1COC(C2CC=C(F)CC2)OC1. The summed E-state index contributed by atoms with van der Waals surface area (Å²) >= 11 is 0. The van der Waals surface area contributed by atoms with Gasteiger partial charge in [-0.2, -0.15) is 0 Å². The molecule has 2 aliphatic rings. The Morgan fingerprint density at radius 2 is 2.17 bits per heavy atom. The van der Waals surface area contributed by atoms with Crippen molar-refractivity contribution in [2.24, 2.45) is 11.8 Å². The van der Waals surface area contributed by atoms with Crippen LogP contribution in [0.25, 0.3) is 0 Å². The zero-order valence-corrected chi connectivity index (χ0v) is 11.1. The molecule has 1 atom stereocenters. The summed E-state index contributed by atoms with van der Waals surface area (Å²) in [7, 11) is 0. The summed E-state index contributed by atoms with van der Waals surface area (Å²) in [6.45, 7) is 3.61. The lowest BCUT2D eigenvalue weighted by molar-refractivity contribution is -0.226. The van der Waals surface area contributed by atoms with Gasteiger partial charge in [0.15, 0.2) is 6.29 Å². The van der Waals surface area contributed by atoms with Crippen molar-refractivity contribution in [1.82, 2.24) is 0 Å². The fourth-order valence-corrected chi connectivity index (χ4v) is 2.57. The van der Waals surface area contributed by atoms with E-state index in [9.17, 15) is 4.39 Å². The lowest BCUT2D eigenvalue weighted by Gasteiger charge is -2.34. The molecule has 3 heteroatoms. The second kappa shape index (κ2) is 7.05. The summed E-state index contributed by atoms with van der Waals surface area (Å²) in [5, 5.41) is 0. The second-order valence-corrected chi connectivity index (χ2v) is 5.23. The van der Waals surface area contributed by atoms with Gasteiger partial charge in [-0.05, 0) is 39.0 Å². The van der Waals surface area contributed by atoms with Gasteiger partial charge in [0, 0.05) is 11.8 Å². The molecule has 0 aromatic rings. The normalized spacial score (nSPS) is 33.7. The van der Waals surface area contributed by atoms with Crippen LogP contribution in [0, 0.1) is 11.8 Å². The first kappa shape index (κ1) is 13.8. The van der Waals surface area contributed by atoms with Gasteiger partial charge in [-0.1, -0.05) is 18.2 Å². The van der Waals surface area contributed by atoms with Crippen LogP contribution in [0.5, 0.6) is 0 Å². The fraction of sp³-hybridized carbons (Fsp3) is 0.733. The van der Waals surface area contributed by atoms with Gasteiger partial charge in [0.25, 0.3) is 0 Å². The molecular formula is C15H23FO2. The highest BCUT2D eigenvalue weighted by atomic mass is 19.1. The molecule has 2 nitrogen and oxygen atoms in total. The third kappa shape index (κ3) is 3.92. The molecule has 0 amide bonds. The molecule has 1 aliphatic heterocycles. The molecule has 1 unspecified atom stereocenters. The van der Waals surface area contributed by atoms with Crippen LogP contribution in [0.2, 0.25) is 0 Å². The predicted molar refractivity (Wildman–Crippen MR) is 69.8 cm³/mol. The Balaban J connectivity index is 1.70. The maximum atomic E-state index is 12.9. The minimum Gasteiger partial charge on any atom is -0.352 e. The lowest BCUT2D eigenvalue weighted by Crippen LogP contribution is -2.37. The van der Waals surface area contributed by atoms with Gasteiger partial charge in [0.05, 0.1) is 19.0 Å². The molecule has 1 fully saturated rings. The van der Waals surface area contributed by atoms with E-state index in [-0.39, 0.29) is 12.1 Å². The molecule has 0 spiro atoms. The predicted octanol–water partition coefficient (Wildman–Crippen LogP) is 3.99. The van der Waals surface area contributed by atoms with Crippen LogP contribution in [0.15, 0.2) is 24.1 Å². The van der Waals surface area contributed by atoms with Gasteiger partial charge < -0.3 is 9.47 Å². The number of allylic oxidation sites excluding steroid dienone is 4. The number of hydrogen-bond donors (Lipinski definition) is 0. The van der Waals surface area contributed by atoms with Crippen LogP contribution in [-0.2, 0) is 9.47 Å². The first-order valence-electron chi connectivity index (χ1n) is 6.98. The zero-order chi connectivity index (χ0) is 12.8. The summed E-state index contributed by atoms with van der Waals surface area (Å²) < 4.78 is 24.5. The van der Waals surface area contributed by atoms with Crippen molar-refractivity contribution in [2.45, 2.75) is 45.3 Å². The van der Waals surface area contributed by atoms with E-state index in [0.29, 0.717) is 18.3 Å². The molecule has 0 aromatic heterocycles.